The maximum atomic E-state index is 11.9. The van der Waals surface area contributed by atoms with Crippen molar-refractivity contribution in [3.05, 3.63) is 60.2 Å². The van der Waals surface area contributed by atoms with Crippen LogP contribution in [0.5, 0.6) is 5.75 Å². The maximum Gasteiger partial charge on any atom is 0.243 e. The minimum atomic E-state index is -0.694. The third-order valence-corrected chi connectivity index (χ3v) is 3.39. The SMILES string of the molecule is COCC(N)C(=O)Nc1cccc(COCCOc2ccccc2)c1.Cl. The van der Waals surface area contributed by atoms with Gasteiger partial charge in [0, 0.05) is 12.8 Å². The fraction of sp³-hybridized carbons (Fsp3) is 0.316. The third kappa shape index (κ3) is 7.84. The minimum Gasteiger partial charge on any atom is -0.491 e. The summed E-state index contributed by atoms with van der Waals surface area (Å²) >= 11 is 0. The van der Waals surface area contributed by atoms with Crippen LogP contribution in [0.4, 0.5) is 5.69 Å². The van der Waals surface area contributed by atoms with Gasteiger partial charge in [0.25, 0.3) is 0 Å². The largest absolute Gasteiger partial charge is 0.491 e. The van der Waals surface area contributed by atoms with Crippen molar-refractivity contribution in [2.75, 3.05) is 32.2 Å². The zero-order chi connectivity index (χ0) is 17.9. The highest BCUT2D eigenvalue weighted by molar-refractivity contribution is 5.94. The van der Waals surface area contributed by atoms with E-state index in [1.165, 1.54) is 7.11 Å². The van der Waals surface area contributed by atoms with Crippen LogP contribution < -0.4 is 15.8 Å². The molecule has 3 N–H and O–H groups in total. The van der Waals surface area contributed by atoms with Crippen molar-refractivity contribution in [1.82, 2.24) is 0 Å². The van der Waals surface area contributed by atoms with Crippen LogP contribution in [0.2, 0.25) is 0 Å². The summed E-state index contributed by atoms with van der Waals surface area (Å²) in [5, 5.41) is 2.77. The first-order valence-corrected chi connectivity index (χ1v) is 8.09. The van der Waals surface area contributed by atoms with E-state index in [2.05, 4.69) is 5.32 Å². The van der Waals surface area contributed by atoms with Gasteiger partial charge in [0.05, 0.1) is 19.8 Å². The number of methoxy groups -OCH3 is 1. The Hall–Kier alpha value is -2.12. The molecule has 2 aromatic carbocycles. The quantitative estimate of drug-likeness (QED) is 0.619. The number of carbonyl (C=O) groups excluding carboxylic acids is 1. The number of hydrogen-bond acceptors (Lipinski definition) is 5. The molecule has 142 valence electrons. The van der Waals surface area contributed by atoms with Crippen LogP contribution in [-0.4, -0.2) is 38.9 Å². The number of para-hydroxylation sites is 1. The van der Waals surface area contributed by atoms with Crippen LogP contribution in [0.25, 0.3) is 0 Å². The van der Waals surface area contributed by atoms with Crippen molar-refractivity contribution in [3.63, 3.8) is 0 Å². The van der Waals surface area contributed by atoms with E-state index >= 15 is 0 Å². The lowest BCUT2D eigenvalue weighted by Gasteiger charge is -2.12. The summed E-state index contributed by atoms with van der Waals surface area (Å²) in [4.78, 5) is 11.9. The van der Waals surface area contributed by atoms with Crippen molar-refractivity contribution in [1.29, 1.82) is 0 Å². The number of rotatable bonds is 10. The molecule has 1 unspecified atom stereocenters. The Labute approximate surface area is 160 Å². The van der Waals surface area contributed by atoms with Crippen LogP contribution in [-0.2, 0) is 20.9 Å². The van der Waals surface area contributed by atoms with E-state index in [4.69, 9.17) is 19.9 Å². The molecule has 7 heteroatoms. The van der Waals surface area contributed by atoms with Gasteiger partial charge in [-0.05, 0) is 29.8 Å². The van der Waals surface area contributed by atoms with Gasteiger partial charge in [-0.25, -0.2) is 0 Å². The predicted octanol–water partition coefficient (Wildman–Crippen LogP) is 2.62. The van der Waals surface area contributed by atoms with Crippen LogP contribution >= 0.6 is 12.4 Å². The number of benzene rings is 2. The standard InChI is InChI=1S/C19H24N2O4.ClH/c1-23-14-18(20)19(22)21-16-7-5-6-15(12-16)13-24-10-11-25-17-8-3-2-4-9-17;/h2-9,12,18H,10-11,13-14,20H2,1H3,(H,21,22);1H. The Kier molecular flexibility index (Phi) is 10.3. The molecule has 0 aliphatic carbocycles. The van der Waals surface area contributed by atoms with Crippen LogP contribution in [0.15, 0.2) is 54.6 Å². The second-order valence-electron chi connectivity index (χ2n) is 5.47. The lowest BCUT2D eigenvalue weighted by Crippen LogP contribution is -2.39. The molecule has 2 rings (SSSR count). The van der Waals surface area contributed by atoms with E-state index in [1.54, 1.807) is 6.07 Å². The van der Waals surface area contributed by atoms with Gasteiger partial charge in [-0.1, -0.05) is 30.3 Å². The topological polar surface area (TPSA) is 82.8 Å². The number of ether oxygens (including phenoxy) is 3. The Morgan fingerprint density at radius 3 is 2.62 bits per heavy atom. The number of carbonyl (C=O) groups is 1. The van der Waals surface area contributed by atoms with Gasteiger partial charge in [0.2, 0.25) is 5.91 Å². The molecule has 1 atom stereocenters. The molecule has 0 spiro atoms. The second kappa shape index (κ2) is 12.3. The number of anilines is 1. The van der Waals surface area contributed by atoms with Crippen LogP contribution in [0.1, 0.15) is 5.56 Å². The summed E-state index contributed by atoms with van der Waals surface area (Å²) in [6, 6.07) is 16.4. The van der Waals surface area contributed by atoms with E-state index in [0.717, 1.165) is 11.3 Å². The molecule has 0 aliphatic heterocycles. The molecule has 0 bridgehead atoms. The molecule has 1 amide bonds. The smallest absolute Gasteiger partial charge is 0.243 e. The van der Waals surface area contributed by atoms with Gasteiger partial charge in [-0.3, -0.25) is 4.79 Å². The minimum absolute atomic E-state index is 0. The van der Waals surface area contributed by atoms with Crippen molar-refractivity contribution >= 4 is 24.0 Å². The average Bonchev–Trinajstić information content (AvgIpc) is 2.63. The number of amides is 1. The highest BCUT2D eigenvalue weighted by Gasteiger charge is 2.13. The summed E-state index contributed by atoms with van der Waals surface area (Å²) < 4.78 is 16.0. The Morgan fingerprint density at radius 1 is 1.12 bits per heavy atom. The van der Waals surface area contributed by atoms with Gasteiger partial charge in [0.15, 0.2) is 0 Å². The van der Waals surface area contributed by atoms with Crippen LogP contribution in [0.3, 0.4) is 0 Å². The summed E-state index contributed by atoms with van der Waals surface area (Å²) in [5.41, 5.74) is 7.33. The number of halogens is 1. The number of hydrogen-bond donors (Lipinski definition) is 2. The number of nitrogens with one attached hydrogen (secondary N) is 1. The summed E-state index contributed by atoms with van der Waals surface area (Å²) in [6.45, 7) is 1.57. The molecule has 0 aliphatic rings. The number of nitrogens with two attached hydrogens (primary N) is 1. The Balaban J connectivity index is 0.00000338. The van der Waals surface area contributed by atoms with E-state index in [0.29, 0.717) is 25.5 Å². The van der Waals surface area contributed by atoms with Gasteiger partial charge in [0.1, 0.15) is 18.4 Å². The molecule has 0 saturated heterocycles. The van der Waals surface area contributed by atoms with Crippen molar-refractivity contribution in [2.24, 2.45) is 5.73 Å². The first-order valence-electron chi connectivity index (χ1n) is 8.09. The first kappa shape index (κ1) is 21.9. The third-order valence-electron chi connectivity index (χ3n) is 3.39. The molecule has 0 aromatic heterocycles. The monoisotopic (exact) mass is 380 g/mol. The Bertz CT molecular complexity index is 655. The molecule has 0 saturated carbocycles. The molecule has 0 heterocycles. The van der Waals surface area contributed by atoms with E-state index in [1.807, 2.05) is 48.5 Å². The Morgan fingerprint density at radius 2 is 1.88 bits per heavy atom. The maximum absolute atomic E-state index is 11.9. The van der Waals surface area contributed by atoms with Gasteiger partial charge in [-0.15, -0.1) is 12.4 Å². The van der Waals surface area contributed by atoms with E-state index in [-0.39, 0.29) is 24.9 Å². The summed E-state index contributed by atoms with van der Waals surface area (Å²) in [5.74, 6) is 0.541. The fourth-order valence-corrected chi connectivity index (χ4v) is 2.15. The van der Waals surface area contributed by atoms with Crippen molar-refractivity contribution in [3.8, 4) is 5.75 Å². The molecular weight excluding hydrogens is 356 g/mol. The molecule has 0 radical (unpaired) electrons. The van der Waals surface area contributed by atoms with Crippen molar-refractivity contribution < 1.29 is 19.0 Å². The van der Waals surface area contributed by atoms with Gasteiger partial charge in [-0.2, -0.15) is 0 Å². The molecule has 26 heavy (non-hydrogen) atoms. The normalized spacial score (nSPS) is 11.3. The molecule has 0 fully saturated rings. The zero-order valence-electron chi connectivity index (χ0n) is 14.7. The first-order chi connectivity index (χ1) is 12.2. The summed E-state index contributed by atoms with van der Waals surface area (Å²) in [6.07, 6.45) is 0. The van der Waals surface area contributed by atoms with E-state index in [9.17, 15) is 4.79 Å². The predicted molar refractivity (Wildman–Crippen MR) is 104 cm³/mol. The zero-order valence-corrected chi connectivity index (χ0v) is 15.5. The fourth-order valence-electron chi connectivity index (χ4n) is 2.15. The molecule has 2 aromatic rings. The van der Waals surface area contributed by atoms with E-state index < -0.39 is 6.04 Å². The summed E-state index contributed by atoms with van der Waals surface area (Å²) in [7, 11) is 1.51. The highest BCUT2D eigenvalue weighted by Crippen LogP contribution is 2.12. The molecular formula is C19H25ClN2O4. The van der Waals surface area contributed by atoms with Gasteiger partial charge >= 0.3 is 0 Å². The second-order valence-corrected chi connectivity index (χ2v) is 5.47. The molecule has 6 nitrogen and oxygen atoms in total. The highest BCUT2D eigenvalue weighted by atomic mass is 35.5. The lowest BCUT2D eigenvalue weighted by molar-refractivity contribution is -0.118. The van der Waals surface area contributed by atoms with Crippen LogP contribution in [0, 0.1) is 0 Å². The van der Waals surface area contributed by atoms with Gasteiger partial charge < -0.3 is 25.3 Å². The van der Waals surface area contributed by atoms with Crippen molar-refractivity contribution in [2.45, 2.75) is 12.6 Å². The average molecular weight is 381 g/mol. The lowest BCUT2D eigenvalue weighted by atomic mass is 10.2.